The molecular formula is C33H41FN6O5. The molecule has 12 heteroatoms. The van der Waals surface area contributed by atoms with Crippen LogP contribution in [0.5, 0.6) is 11.5 Å². The zero-order valence-electron chi connectivity index (χ0n) is 25.9. The van der Waals surface area contributed by atoms with Crippen LogP contribution in [0.4, 0.5) is 10.2 Å². The standard InChI is InChI=1S/C29H33FN6O.2C2H4O2/c1-34-13-15-35(16-14-34)21-8-10-22(11-9-21)36-18-24(27-28(31)32-19-33-29(27)36)20-7-12-26(25(30)17-20)37-23-5-3-2-4-6-23;2*1-2(3)4/h2-7,12,17-19,21-22H,8-11,13-16H2,1H3,(H2,31,32,33);2*1H3,(H,3,4). The molecule has 0 amide bonds. The summed E-state index contributed by atoms with van der Waals surface area (Å²) < 4.78 is 23.1. The number of carbonyl (C=O) groups is 2. The monoisotopic (exact) mass is 620 g/mol. The molecule has 0 unspecified atom stereocenters. The third-order valence-corrected chi connectivity index (χ3v) is 7.97. The molecule has 1 saturated carbocycles. The number of aliphatic carboxylic acids is 2. The van der Waals surface area contributed by atoms with Gasteiger partial charge in [0.25, 0.3) is 11.9 Å². The molecule has 2 aromatic carbocycles. The van der Waals surface area contributed by atoms with Gasteiger partial charge in [0.15, 0.2) is 11.6 Å². The summed E-state index contributed by atoms with van der Waals surface area (Å²) in [5, 5.41) is 15.6. The fourth-order valence-electron chi connectivity index (χ4n) is 5.86. The molecule has 1 saturated heterocycles. The van der Waals surface area contributed by atoms with Gasteiger partial charge < -0.3 is 30.2 Å². The maximum Gasteiger partial charge on any atom is 0.300 e. The van der Waals surface area contributed by atoms with Crippen molar-refractivity contribution < 1.29 is 28.9 Å². The molecular weight excluding hydrogens is 579 g/mol. The highest BCUT2D eigenvalue weighted by molar-refractivity contribution is 6.00. The molecule has 0 atom stereocenters. The van der Waals surface area contributed by atoms with Gasteiger partial charge in [-0.2, -0.15) is 0 Å². The summed E-state index contributed by atoms with van der Waals surface area (Å²) in [4.78, 5) is 31.9. The first-order valence-corrected chi connectivity index (χ1v) is 15.0. The molecule has 240 valence electrons. The van der Waals surface area contributed by atoms with E-state index in [0.29, 0.717) is 23.7 Å². The fraction of sp³-hybridized carbons (Fsp3) is 0.394. The number of hydrogen-bond donors (Lipinski definition) is 3. The molecule has 1 aliphatic heterocycles. The topological polar surface area (TPSA) is 147 Å². The van der Waals surface area contributed by atoms with Crippen molar-refractivity contribution in [1.29, 1.82) is 0 Å². The average Bonchev–Trinajstić information content (AvgIpc) is 3.40. The molecule has 2 aliphatic rings. The number of carboxylic acid groups (broad SMARTS) is 2. The normalized spacial score (nSPS) is 18.7. The quantitative estimate of drug-likeness (QED) is 0.260. The highest BCUT2D eigenvalue weighted by Gasteiger charge is 2.30. The van der Waals surface area contributed by atoms with Gasteiger partial charge in [-0.25, -0.2) is 14.4 Å². The van der Waals surface area contributed by atoms with Crippen LogP contribution in [0, 0.1) is 5.82 Å². The number of nitrogen functional groups attached to an aromatic ring is 1. The number of carboxylic acids is 2. The minimum atomic E-state index is -0.833. The number of ether oxygens (including phenoxy) is 1. The van der Waals surface area contributed by atoms with Crippen molar-refractivity contribution in [1.82, 2.24) is 24.3 Å². The summed E-state index contributed by atoms with van der Waals surface area (Å²) in [5.41, 5.74) is 8.74. The van der Waals surface area contributed by atoms with E-state index in [9.17, 15) is 0 Å². The Balaban J connectivity index is 0.000000518. The molecule has 4 N–H and O–H groups in total. The summed E-state index contributed by atoms with van der Waals surface area (Å²) in [6, 6.07) is 15.3. The number of halogens is 1. The summed E-state index contributed by atoms with van der Waals surface area (Å²) in [5.74, 6) is -0.902. The van der Waals surface area contributed by atoms with Crippen molar-refractivity contribution in [2.24, 2.45) is 0 Å². The van der Waals surface area contributed by atoms with E-state index < -0.39 is 17.8 Å². The number of anilines is 1. The number of aromatic nitrogens is 3. The number of benzene rings is 2. The lowest BCUT2D eigenvalue weighted by Crippen LogP contribution is -2.49. The molecule has 6 rings (SSSR count). The number of nitrogens with zero attached hydrogens (tertiary/aromatic N) is 5. The summed E-state index contributed by atoms with van der Waals surface area (Å²) in [6.07, 6.45) is 8.12. The molecule has 4 aromatic rings. The maximum absolute atomic E-state index is 15.1. The van der Waals surface area contributed by atoms with Crippen LogP contribution < -0.4 is 10.5 Å². The minimum absolute atomic E-state index is 0.185. The van der Waals surface area contributed by atoms with Crippen LogP contribution in [0.1, 0.15) is 45.6 Å². The van der Waals surface area contributed by atoms with Gasteiger partial charge in [-0.3, -0.25) is 14.5 Å². The number of likely N-dealkylation sites (N-methyl/N-ethyl adjacent to an activating group) is 1. The number of rotatable bonds is 5. The Morgan fingerprint density at radius 3 is 2.11 bits per heavy atom. The highest BCUT2D eigenvalue weighted by atomic mass is 19.1. The zero-order chi connectivity index (χ0) is 32.5. The predicted molar refractivity (Wildman–Crippen MR) is 171 cm³/mol. The van der Waals surface area contributed by atoms with E-state index in [4.69, 9.17) is 30.3 Å². The predicted octanol–water partition coefficient (Wildman–Crippen LogP) is 5.52. The van der Waals surface area contributed by atoms with Gasteiger partial charge in [-0.05, 0) is 62.6 Å². The third kappa shape index (κ3) is 8.99. The van der Waals surface area contributed by atoms with Crippen LogP contribution in [0.25, 0.3) is 22.2 Å². The van der Waals surface area contributed by atoms with Crippen molar-refractivity contribution >= 4 is 28.8 Å². The van der Waals surface area contributed by atoms with Crippen LogP contribution in [-0.2, 0) is 9.59 Å². The van der Waals surface area contributed by atoms with Crippen LogP contribution in [0.15, 0.2) is 61.1 Å². The van der Waals surface area contributed by atoms with E-state index in [1.165, 1.54) is 25.2 Å². The van der Waals surface area contributed by atoms with Gasteiger partial charge in [0.05, 0.1) is 5.39 Å². The number of piperazine rings is 1. The second kappa shape index (κ2) is 15.4. The number of fused-ring (bicyclic) bond motifs is 1. The average molecular weight is 621 g/mol. The lowest BCUT2D eigenvalue weighted by Gasteiger charge is -2.41. The number of para-hydroxylation sites is 1. The lowest BCUT2D eigenvalue weighted by molar-refractivity contribution is -0.135. The van der Waals surface area contributed by atoms with Gasteiger partial charge in [0, 0.05) is 63.9 Å². The largest absolute Gasteiger partial charge is 0.481 e. The summed E-state index contributed by atoms with van der Waals surface area (Å²) in [6.45, 7) is 6.77. The van der Waals surface area contributed by atoms with Gasteiger partial charge in [0.2, 0.25) is 0 Å². The van der Waals surface area contributed by atoms with Gasteiger partial charge >= 0.3 is 0 Å². The fourth-order valence-corrected chi connectivity index (χ4v) is 5.86. The lowest BCUT2D eigenvalue weighted by atomic mass is 9.89. The number of hydrogen-bond acceptors (Lipinski definition) is 8. The van der Waals surface area contributed by atoms with E-state index in [1.54, 1.807) is 18.2 Å². The molecule has 11 nitrogen and oxygen atoms in total. The van der Waals surface area contributed by atoms with Crippen molar-refractivity contribution in [2.75, 3.05) is 39.0 Å². The van der Waals surface area contributed by atoms with Crippen molar-refractivity contribution in [3.63, 3.8) is 0 Å². The Labute approximate surface area is 262 Å². The van der Waals surface area contributed by atoms with E-state index in [2.05, 4.69) is 37.6 Å². The first-order chi connectivity index (χ1) is 21.5. The molecule has 45 heavy (non-hydrogen) atoms. The second-order valence-corrected chi connectivity index (χ2v) is 11.3. The molecule has 0 bridgehead atoms. The van der Waals surface area contributed by atoms with Crippen LogP contribution in [-0.4, -0.2) is 85.8 Å². The SMILES string of the molecule is CC(=O)O.CC(=O)O.CN1CCN(C2CCC(n3cc(-c4ccc(Oc5ccccc5)c(F)c4)c4c(N)ncnc43)CC2)CC1. The van der Waals surface area contributed by atoms with Gasteiger partial charge in [-0.1, -0.05) is 24.3 Å². The van der Waals surface area contributed by atoms with Crippen molar-refractivity contribution in [3.05, 3.63) is 66.9 Å². The molecule has 0 radical (unpaired) electrons. The summed E-state index contributed by atoms with van der Waals surface area (Å²) in [7, 11) is 2.20. The van der Waals surface area contributed by atoms with Gasteiger partial charge in [0.1, 0.15) is 23.5 Å². The third-order valence-electron chi connectivity index (χ3n) is 7.97. The smallest absolute Gasteiger partial charge is 0.300 e. The van der Waals surface area contributed by atoms with Gasteiger partial charge in [-0.15, -0.1) is 0 Å². The minimum Gasteiger partial charge on any atom is -0.481 e. The van der Waals surface area contributed by atoms with Crippen molar-refractivity contribution in [3.8, 4) is 22.6 Å². The van der Waals surface area contributed by atoms with E-state index in [-0.39, 0.29) is 5.75 Å². The first-order valence-electron chi connectivity index (χ1n) is 15.0. The molecule has 3 heterocycles. The van der Waals surface area contributed by atoms with Crippen LogP contribution in [0.2, 0.25) is 0 Å². The Morgan fingerprint density at radius 1 is 0.911 bits per heavy atom. The Morgan fingerprint density at radius 2 is 1.51 bits per heavy atom. The highest BCUT2D eigenvalue weighted by Crippen LogP contribution is 2.40. The van der Waals surface area contributed by atoms with Crippen molar-refractivity contribution in [2.45, 2.75) is 51.6 Å². The molecule has 0 spiro atoms. The molecule has 1 aliphatic carbocycles. The van der Waals surface area contributed by atoms with Crippen LogP contribution in [0.3, 0.4) is 0 Å². The maximum atomic E-state index is 15.1. The zero-order valence-corrected chi connectivity index (χ0v) is 25.9. The number of nitrogens with two attached hydrogens (primary N) is 1. The Bertz CT molecular complexity index is 1560. The van der Waals surface area contributed by atoms with E-state index in [0.717, 1.165) is 75.0 Å². The Kier molecular flexibility index (Phi) is 11.4. The van der Waals surface area contributed by atoms with Crippen LogP contribution >= 0.6 is 0 Å². The van der Waals surface area contributed by atoms with E-state index >= 15 is 4.39 Å². The second-order valence-electron chi connectivity index (χ2n) is 11.3. The molecule has 2 fully saturated rings. The molecule has 2 aromatic heterocycles. The summed E-state index contributed by atoms with van der Waals surface area (Å²) >= 11 is 0. The Hall–Kier alpha value is -4.55. The first kappa shape index (κ1) is 33.3. The van der Waals surface area contributed by atoms with E-state index in [1.807, 2.05) is 24.3 Å².